The van der Waals surface area contributed by atoms with Gasteiger partial charge in [-0.15, -0.1) is 0 Å². The molecule has 1 saturated heterocycles. The Labute approximate surface area is 112 Å². The highest BCUT2D eigenvalue weighted by atomic mass is 32.2. The van der Waals surface area contributed by atoms with E-state index >= 15 is 0 Å². The van der Waals surface area contributed by atoms with E-state index < -0.39 is 22.2 Å². The zero-order valence-electron chi connectivity index (χ0n) is 10.7. The lowest BCUT2D eigenvalue weighted by atomic mass is 10.1. The third kappa shape index (κ3) is 3.44. The van der Waals surface area contributed by atoms with Crippen LogP contribution in [0.4, 0.5) is 0 Å². The maximum absolute atomic E-state index is 12.2. The van der Waals surface area contributed by atoms with Crippen LogP contribution in [-0.4, -0.2) is 45.9 Å². The maximum atomic E-state index is 12.2. The highest BCUT2D eigenvalue weighted by molar-refractivity contribution is 7.89. The van der Waals surface area contributed by atoms with Crippen molar-refractivity contribution in [1.82, 2.24) is 10.0 Å². The predicted molar refractivity (Wildman–Crippen MR) is 70.6 cm³/mol. The van der Waals surface area contributed by atoms with E-state index in [4.69, 9.17) is 4.74 Å². The second kappa shape index (κ2) is 5.87. The lowest BCUT2D eigenvalue weighted by Gasteiger charge is -2.28. The van der Waals surface area contributed by atoms with Crippen molar-refractivity contribution in [2.24, 2.45) is 0 Å². The largest absolute Gasteiger partial charge is 0.497 e. The van der Waals surface area contributed by atoms with Crippen LogP contribution in [0, 0.1) is 0 Å². The molecule has 0 unspecified atom stereocenters. The molecule has 106 valence electrons. The highest BCUT2D eigenvalue weighted by Gasteiger charge is 2.28. The fourth-order valence-electron chi connectivity index (χ4n) is 2.02. The number of ether oxygens (including phenoxy) is 1. The van der Waals surface area contributed by atoms with Gasteiger partial charge in [0.05, 0.1) is 24.2 Å². The highest BCUT2D eigenvalue weighted by Crippen LogP contribution is 2.18. The minimum atomic E-state index is -3.64. The Morgan fingerprint density at radius 3 is 2.95 bits per heavy atom. The van der Waals surface area contributed by atoms with Gasteiger partial charge in [-0.3, -0.25) is 0 Å². The van der Waals surface area contributed by atoms with Crippen molar-refractivity contribution in [3.05, 3.63) is 24.3 Å². The first-order valence-electron chi connectivity index (χ1n) is 6.08. The molecule has 3 N–H and O–H groups in total. The van der Waals surface area contributed by atoms with Gasteiger partial charge in [0.15, 0.2) is 0 Å². The Morgan fingerprint density at radius 2 is 2.26 bits per heavy atom. The first kappa shape index (κ1) is 14.3. The Balaban J connectivity index is 2.17. The molecule has 1 heterocycles. The Morgan fingerprint density at radius 1 is 1.47 bits per heavy atom. The number of nitrogens with one attached hydrogen (secondary N) is 2. The number of hydrogen-bond acceptors (Lipinski definition) is 5. The number of aliphatic hydroxyl groups excluding tert-OH is 1. The van der Waals surface area contributed by atoms with Crippen LogP contribution in [0.3, 0.4) is 0 Å². The monoisotopic (exact) mass is 286 g/mol. The first-order chi connectivity index (χ1) is 9.03. The van der Waals surface area contributed by atoms with E-state index in [-0.39, 0.29) is 4.90 Å². The summed E-state index contributed by atoms with van der Waals surface area (Å²) in [6, 6.07) is 5.79. The summed E-state index contributed by atoms with van der Waals surface area (Å²) in [5.41, 5.74) is 0. The molecule has 1 aromatic rings. The molecule has 0 radical (unpaired) electrons. The summed E-state index contributed by atoms with van der Waals surface area (Å²) in [6.45, 7) is 1.08. The van der Waals surface area contributed by atoms with E-state index in [9.17, 15) is 13.5 Å². The molecule has 1 aliphatic heterocycles. The number of aliphatic hydroxyl groups is 1. The summed E-state index contributed by atoms with van der Waals surface area (Å²) in [5, 5.41) is 12.8. The van der Waals surface area contributed by atoms with Gasteiger partial charge >= 0.3 is 0 Å². The minimum Gasteiger partial charge on any atom is -0.497 e. The summed E-state index contributed by atoms with van der Waals surface area (Å²) >= 11 is 0. The number of β-amino-alcohol motifs (C(OH)–C–C–N with tert-alkyl or cyclic N) is 1. The number of rotatable bonds is 4. The summed E-state index contributed by atoms with van der Waals surface area (Å²) in [6.07, 6.45) is -0.154. The standard InChI is InChI=1S/C12H18N2O4S/c1-18-9-3-2-4-10(7-9)19(16,17)14-11-5-6-13-8-12(11)15/h2-4,7,11-15H,5-6,8H2,1H3/t11-,12-/m1/s1. The third-order valence-electron chi connectivity index (χ3n) is 3.11. The summed E-state index contributed by atoms with van der Waals surface area (Å²) in [5.74, 6) is 0.480. The lowest BCUT2D eigenvalue weighted by molar-refractivity contribution is 0.113. The summed E-state index contributed by atoms with van der Waals surface area (Å²) in [7, 11) is -2.16. The predicted octanol–water partition coefficient (Wildman–Crippen LogP) is -0.304. The van der Waals surface area contributed by atoms with Crippen LogP contribution in [0.25, 0.3) is 0 Å². The quantitative estimate of drug-likeness (QED) is 0.707. The molecular formula is C12H18N2O4S. The van der Waals surface area contributed by atoms with Crippen LogP contribution >= 0.6 is 0 Å². The molecule has 0 spiro atoms. The first-order valence-corrected chi connectivity index (χ1v) is 7.56. The van der Waals surface area contributed by atoms with Gasteiger partial charge in [0.25, 0.3) is 0 Å². The Hall–Kier alpha value is -1.15. The Kier molecular flexibility index (Phi) is 4.41. The molecule has 0 aromatic heterocycles. The molecule has 1 aromatic carbocycles. The van der Waals surface area contributed by atoms with Gasteiger partial charge in [0.1, 0.15) is 5.75 Å². The second-order valence-electron chi connectivity index (χ2n) is 4.47. The molecule has 6 nitrogen and oxygen atoms in total. The fraction of sp³-hybridized carbons (Fsp3) is 0.500. The van der Waals surface area contributed by atoms with Gasteiger partial charge in [0, 0.05) is 12.6 Å². The Bertz CT molecular complexity index is 532. The normalized spacial score (nSPS) is 24.1. The molecule has 19 heavy (non-hydrogen) atoms. The number of sulfonamides is 1. The lowest BCUT2D eigenvalue weighted by Crippen LogP contribution is -2.52. The second-order valence-corrected chi connectivity index (χ2v) is 6.18. The SMILES string of the molecule is COc1cccc(S(=O)(=O)N[C@@H]2CCNC[C@H]2O)c1. The summed E-state index contributed by atoms with van der Waals surface area (Å²) in [4.78, 5) is 0.137. The van der Waals surface area contributed by atoms with Crippen LogP contribution in [0.5, 0.6) is 5.75 Å². The molecule has 1 fully saturated rings. The van der Waals surface area contributed by atoms with Crippen molar-refractivity contribution in [2.75, 3.05) is 20.2 Å². The third-order valence-corrected chi connectivity index (χ3v) is 4.60. The fourth-order valence-corrected chi connectivity index (χ4v) is 3.35. The van der Waals surface area contributed by atoms with E-state index in [1.54, 1.807) is 12.1 Å². The van der Waals surface area contributed by atoms with Crippen LogP contribution in [0.1, 0.15) is 6.42 Å². The number of hydrogen-bond donors (Lipinski definition) is 3. The van der Waals surface area contributed by atoms with Crippen molar-refractivity contribution in [3.63, 3.8) is 0 Å². The van der Waals surface area contributed by atoms with Gasteiger partial charge in [0.2, 0.25) is 10.0 Å². The van der Waals surface area contributed by atoms with Crippen LogP contribution in [0.2, 0.25) is 0 Å². The van der Waals surface area contributed by atoms with Crippen molar-refractivity contribution in [1.29, 1.82) is 0 Å². The van der Waals surface area contributed by atoms with E-state index in [0.717, 1.165) is 0 Å². The van der Waals surface area contributed by atoms with Crippen LogP contribution < -0.4 is 14.8 Å². The van der Waals surface area contributed by atoms with Crippen molar-refractivity contribution >= 4 is 10.0 Å². The van der Waals surface area contributed by atoms with E-state index in [1.807, 2.05) is 0 Å². The van der Waals surface area contributed by atoms with E-state index in [1.165, 1.54) is 19.2 Å². The van der Waals surface area contributed by atoms with Crippen molar-refractivity contribution in [3.8, 4) is 5.75 Å². The van der Waals surface area contributed by atoms with Crippen LogP contribution in [-0.2, 0) is 10.0 Å². The molecule has 2 atom stereocenters. The van der Waals surface area contributed by atoms with Crippen molar-refractivity contribution < 1.29 is 18.3 Å². The topological polar surface area (TPSA) is 87.7 Å². The molecule has 0 amide bonds. The zero-order valence-corrected chi connectivity index (χ0v) is 11.5. The zero-order chi connectivity index (χ0) is 13.9. The molecule has 0 aliphatic carbocycles. The average molecular weight is 286 g/mol. The maximum Gasteiger partial charge on any atom is 0.241 e. The molecule has 0 saturated carbocycles. The smallest absolute Gasteiger partial charge is 0.241 e. The van der Waals surface area contributed by atoms with E-state index in [0.29, 0.717) is 25.3 Å². The van der Waals surface area contributed by atoms with Gasteiger partial charge in [-0.2, -0.15) is 0 Å². The van der Waals surface area contributed by atoms with Gasteiger partial charge < -0.3 is 15.2 Å². The van der Waals surface area contributed by atoms with Crippen molar-refractivity contribution in [2.45, 2.75) is 23.5 Å². The van der Waals surface area contributed by atoms with Crippen LogP contribution in [0.15, 0.2) is 29.2 Å². The minimum absolute atomic E-state index is 0.137. The van der Waals surface area contributed by atoms with Gasteiger partial charge in [-0.05, 0) is 25.1 Å². The van der Waals surface area contributed by atoms with E-state index in [2.05, 4.69) is 10.0 Å². The van der Waals surface area contributed by atoms with Gasteiger partial charge in [-0.25, -0.2) is 13.1 Å². The molecule has 0 bridgehead atoms. The average Bonchev–Trinajstić information content (AvgIpc) is 2.41. The molecule has 1 aliphatic rings. The molecular weight excluding hydrogens is 268 g/mol. The summed E-state index contributed by atoms with van der Waals surface area (Å²) < 4.78 is 32.0. The molecule has 7 heteroatoms. The van der Waals surface area contributed by atoms with Gasteiger partial charge in [-0.1, -0.05) is 6.07 Å². The number of piperidine rings is 1. The number of benzene rings is 1. The number of methoxy groups -OCH3 is 1. The molecule has 2 rings (SSSR count).